The van der Waals surface area contributed by atoms with E-state index in [4.69, 9.17) is 0 Å². The van der Waals surface area contributed by atoms with Gasteiger partial charge < -0.3 is 5.32 Å². The number of carbonyl (C=O) groups is 1. The third-order valence-electron chi connectivity index (χ3n) is 3.99. The van der Waals surface area contributed by atoms with Crippen molar-refractivity contribution in [1.82, 2.24) is 4.98 Å². The molecule has 1 heterocycles. The lowest BCUT2D eigenvalue weighted by atomic mass is 10.1. The molecule has 0 spiro atoms. The summed E-state index contributed by atoms with van der Waals surface area (Å²) < 4.78 is 23.2. The van der Waals surface area contributed by atoms with Crippen LogP contribution in [0.3, 0.4) is 0 Å². The van der Waals surface area contributed by atoms with Crippen LogP contribution in [-0.4, -0.2) is 29.3 Å². The van der Waals surface area contributed by atoms with Gasteiger partial charge in [-0.25, -0.2) is 13.4 Å². The number of amides is 1. The molecule has 1 aromatic carbocycles. The van der Waals surface area contributed by atoms with E-state index in [1.807, 2.05) is 36.4 Å². The SMILES string of the molecule is CC(C)S(=O)(=O)C(C)(C)C(=O)Nc1ccc(-c2ccccc2)cn1. The largest absolute Gasteiger partial charge is 0.309 e. The van der Waals surface area contributed by atoms with Crippen LogP contribution in [-0.2, 0) is 14.6 Å². The van der Waals surface area contributed by atoms with Gasteiger partial charge in [0.25, 0.3) is 0 Å². The Kier molecular flexibility index (Phi) is 5.08. The zero-order valence-corrected chi connectivity index (χ0v) is 15.1. The summed E-state index contributed by atoms with van der Waals surface area (Å²) in [5.74, 6) is -0.261. The molecule has 1 N–H and O–H groups in total. The van der Waals surface area contributed by atoms with Crippen molar-refractivity contribution in [1.29, 1.82) is 0 Å². The number of aromatic nitrogens is 1. The first kappa shape index (κ1) is 18.1. The third-order valence-corrected chi connectivity index (χ3v) is 6.84. The van der Waals surface area contributed by atoms with E-state index in [0.29, 0.717) is 5.82 Å². The Hall–Kier alpha value is -2.21. The zero-order chi connectivity index (χ0) is 18.0. The quantitative estimate of drug-likeness (QED) is 0.901. The fourth-order valence-corrected chi connectivity index (χ4v) is 3.74. The molecule has 6 heteroatoms. The number of hydrogen-bond donors (Lipinski definition) is 1. The molecule has 0 radical (unpaired) electrons. The highest BCUT2D eigenvalue weighted by molar-refractivity contribution is 7.94. The Morgan fingerprint density at radius 1 is 1.04 bits per heavy atom. The molecular formula is C18H22N2O3S. The third kappa shape index (κ3) is 3.48. The highest BCUT2D eigenvalue weighted by Gasteiger charge is 2.43. The standard InChI is InChI=1S/C18H22N2O3S/c1-13(2)24(22,23)18(3,4)17(21)20-16-11-10-15(12-19-16)14-8-6-5-7-9-14/h5-13H,1-4H3,(H,19,20,21). The van der Waals surface area contributed by atoms with E-state index in [9.17, 15) is 13.2 Å². The molecule has 0 aliphatic carbocycles. The van der Waals surface area contributed by atoms with Crippen molar-refractivity contribution in [3.8, 4) is 11.1 Å². The van der Waals surface area contributed by atoms with Crippen LogP contribution in [0.2, 0.25) is 0 Å². The van der Waals surface area contributed by atoms with Crippen LogP contribution < -0.4 is 5.32 Å². The molecule has 1 aromatic heterocycles. The molecule has 2 aromatic rings. The minimum Gasteiger partial charge on any atom is -0.309 e. The van der Waals surface area contributed by atoms with Crippen molar-refractivity contribution in [2.75, 3.05) is 5.32 Å². The molecule has 0 aliphatic rings. The smallest absolute Gasteiger partial charge is 0.246 e. The van der Waals surface area contributed by atoms with Crippen LogP contribution >= 0.6 is 0 Å². The maximum atomic E-state index is 12.4. The van der Waals surface area contributed by atoms with E-state index >= 15 is 0 Å². The summed E-state index contributed by atoms with van der Waals surface area (Å²) in [6.45, 7) is 5.96. The fraction of sp³-hybridized carbons (Fsp3) is 0.333. The van der Waals surface area contributed by atoms with Crippen molar-refractivity contribution in [3.05, 3.63) is 48.7 Å². The number of nitrogens with zero attached hydrogens (tertiary/aromatic N) is 1. The first-order valence-electron chi connectivity index (χ1n) is 7.72. The normalized spacial score (nSPS) is 12.2. The number of pyridine rings is 1. The highest BCUT2D eigenvalue weighted by Crippen LogP contribution is 2.24. The summed E-state index contributed by atoms with van der Waals surface area (Å²) in [6, 6.07) is 13.2. The predicted octanol–water partition coefficient (Wildman–Crippen LogP) is 3.29. The van der Waals surface area contributed by atoms with Gasteiger partial charge in [0, 0.05) is 11.8 Å². The van der Waals surface area contributed by atoms with Gasteiger partial charge in [0.2, 0.25) is 5.91 Å². The average molecular weight is 346 g/mol. The van der Waals surface area contributed by atoms with E-state index in [-0.39, 0.29) is 0 Å². The Morgan fingerprint density at radius 2 is 1.67 bits per heavy atom. The van der Waals surface area contributed by atoms with Crippen molar-refractivity contribution in [2.45, 2.75) is 37.7 Å². The molecule has 0 saturated carbocycles. The first-order valence-corrected chi connectivity index (χ1v) is 9.27. The summed E-state index contributed by atoms with van der Waals surface area (Å²) >= 11 is 0. The van der Waals surface area contributed by atoms with Gasteiger partial charge in [0.1, 0.15) is 10.6 Å². The zero-order valence-electron chi connectivity index (χ0n) is 14.3. The minimum atomic E-state index is -3.59. The van der Waals surface area contributed by atoms with Crippen LogP contribution in [0.1, 0.15) is 27.7 Å². The number of hydrogen-bond acceptors (Lipinski definition) is 4. The lowest BCUT2D eigenvalue weighted by Gasteiger charge is -2.25. The summed E-state index contributed by atoms with van der Waals surface area (Å²) in [4.78, 5) is 16.6. The second-order valence-electron chi connectivity index (χ2n) is 6.36. The van der Waals surface area contributed by atoms with Crippen LogP contribution in [0, 0.1) is 0 Å². The molecule has 0 aliphatic heterocycles. The maximum Gasteiger partial charge on any atom is 0.246 e. The molecule has 128 valence electrons. The lowest BCUT2D eigenvalue weighted by Crippen LogP contribution is -2.47. The van der Waals surface area contributed by atoms with E-state index < -0.39 is 25.7 Å². The van der Waals surface area contributed by atoms with E-state index in [1.54, 1.807) is 26.1 Å². The van der Waals surface area contributed by atoms with Gasteiger partial charge in [-0.05, 0) is 45.4 Å². The van der Waals surface area contributed by atoms with Gasteiger partial charge in [-0.3, -0.25) is 4.79 Å². The van der Waals surface area contributed by atoms with Crippen molar-refractivity contribution in [2.24, 2.45) is 0 Å². The number of benzene rings is 1. The van der Waals surface area contributed by atoms with Crippen LogP contribution in [0.15, 0.2) is 48.7 Å². The van der Waals surface area contributed by atoms with Crippen molar-refractivity contribution in [3.63, 3.8) is 0 Å². The number of rotatable bonds is 5. The van der Waals surface area contributed by atoms with Gasteiger partial charge in [-0.1, -0.05) is 30.3 Å². The summed E-state index contributed by atoms with van der Waals surface area (Å²) in [7, 11) is -3.59. The molecule has 0 fully saturated rings. The Balaban J connectivity index is 2.18. The summed E-state index contributed by atoms with van der Waals surface area (Å²) in [5, 5.41) is 1.96. The first-order chi connectivity index (χ1) is 11.2. The Labute approximate surface area is 143 Å². The molecule has 2 rings (SSSR count). The van der Waals surface area contributed by atoms with Crippen LogP contribution in [0.5, 0.6) is 0 Å². The van der Waals surface area contributed by atoms with E-state index in [1.165, 1.54) is 13.8 Å². The summed E-state index contributed by atoms with van der Waals surface area (Å²) in [5.41, 5.74) is 1.94. The predicted molar refractivity (Wildman–Crippen MR) is 96.4 cm³/mol. The molecule has 5 nitrogen and oxygen atoms in total. The molecule has 24 heavy (non-hydrogen) atoms. The number of carbonyl (C=O) groups excluding carboxylic acids is 1. The van der Waals surface area contributed by atoms with Crippen molar-refractivity contribution >= 4 is 21.6 Å². The highest BCUT2D eigenvalue weighted by atomic mass is 32.2. The molecule has 0 bridgehead atoms. The van der Waals surface area contributed by atoms with Crippen molar-refractivity contribution < 1.29 is 13.2 Å². The van der Waals surface area contributed by atoms with Gasteiger partial charge in [0.15, 0.2) is 9.84 Å². The monoisotopic (exact) mass is 346 g/mol. The second-order valence-corrected chi connectivity index (χ2v) is 9.41. The van der Waals surface area contributed by atoms with E-state index in [2.05, 4.69) is 10.3 Å². The Bertz CT molecular complexity index is 811. The Morgan fingerprint density at radius 3 is 2.17 bits per heavy atom. The molecule has 0 saturated heterocycles. The second kappa shape index (κ2) is 6.73. The molecule has 0 unspecified atom stereocenters. The van der Waals surface area contributed by atoms with Crippen LogP contribution in [0.25, 0.3) is 11.1 Å². The number of anilines is 1. The topological polar surface area (TPSA) is 76.1 Å². The minimum absolute atomic E-state index is 0.326. The number of nitrogens with one attached hydrogen (secondary N) is 1. The van der Waals surface area contributed by atoms with Gasteiger partial charge in [-0.2, -0.15) is 0 Å². The van der Waals surface area contributed by atoms with E-state index in [0.717, 1.165) is 11.1 Å². The molecular weight excluding hydrogens is 324 g/mol. The van der Waals surface area contributed by atoms with Gasteiger partial charge in [0.05, 0.1) is 5.25 Å². The van der Waals surface area contributed by atoms with Crippen LogP contribution in [0.4, 0.5) is 5.82 Å². The van der Waals surface area contributed by atoms with Gasteiger partial charge >= 0.3 is 0 Å². The maximum absolute atomic E-state index is 12.4. The fourth-order valence-electron chi connectivity index (χ4n) is 2.25. The molecule has 1 amide bonds. The lowest BCUT2D eigenvalue weighted by molar-refractivity contribution is -0.117. The van der Waals surface area contributed by atoms with Gasteiger partial charge in [-0.15, -0.1) is 0 Å². The number of sulfone groups is 1. The summed E-state index contributed by atoms with van der Waals surface area (Å²) in [6.07, 6.45) is 1.65. The average Bonchev–Trinajstić information content (AvgIpc) is 2.56. The molecule has 0 atom stereocenters.